The van der Waals surface area contributed by atoms with Crippen molar-refractivity contribution < 1.29 is 66.4 Å². The van der Waals surface area contributed by atoms with Gasteiger partial charge in [-0.3, -0.25) is 0 Å². The third-order valence-electron chi connectivity index (χ3n) is 14.8. The molecule has 0 radical (unpaired) electrons. The molecule has 0 saturated carbocycles. The number of rotatable bonds is 32. The van der Waals surface area contributed by atoms with E-state index in [1.807, 2.05) is 38.1 Å². The molecule has 0 aliphatic rings. The second-order valence-corrected chi connectivity index (χ2v) is 27.9. The Morgan fingerprint density at radius 2 is 0.848 bits per heavy atom. The van der Waals surface area contributed by atoms with Crippen LogP contribution in [0.3, 0.4) is 0 Å². The number of alkyl halides is 8. The van der Waals surface area contributed by atoms with Crippen LogP contribution in [0.5, 0.6) is 11.5 Å². The third kappa shape index (κ3) is 16.0. The summed E-state index contributed by atoms with van der Waals surface area (Å²) in [6.45, 7) is 9.17. The smallest absolute Gasteiger partial charge is 0.344 e. The van der Waals surface area contributed by atoms with E-state index in [0.29, 0.717) is 34.7 Å². The van der Waals surface area contributed by atoms with E-state index in [1.165, 1.54) is 48.5 Å². The van der Waals surface area contributed by atoms with Crippen LogP contribution in [-0.4, -0.2) is 68.2 Å². The fourth-order valence-corrected chi connectivity index (χ4v) is 16.6. The van der Waals surface area contributed by atoms with E-state index in [9.17, 15) is 9.59 Å². The van der Waals surface area contributed by atoms with Crippen molar-refractivity contribution in [3.63, 3.8) is 0 Å². The highest BCUT2D eigenvalue weighted by Crippen LogP contribution is 2.45. The molecule has 2 atom stereocenters. The van der Waals surface area contributed by atoms with E-state index in [-0.39, 0.29) is 22.7 Å². The lowest BCUT2D eigenvalue weighted by atomic mass is 9.94. The molecule has 0 amide bonds. The van der Waals surface area contributed by atoms with Gasteiger partial charge in [-0.2, -0.15) is 35.1 Å². The Kier molecular flexibility index (Phi) is 21.4. The Labute approximate surface area is 459 Å². The zero-order valence-corrected chi connectivity index (χ0v) is 48.5. The molecule has 0 saturated heterocycles. The molecule has 19 heteroatoms. The van der Waals surface area contributed by atoms with Gasteiger partial charge in [-0.1, -0.05) is 89.8 Å². The first-order chi connectivity index (χ1) is 37.3. The average Bonchev–Trinajstić information content (AvgIpc) is 3.47. The number of benzene rings is 4. The number of ether oxygens (including phenoxy) is 2. The van der Waals surface area contributed by atoms with Gasteiger partial charge in [0.2, 0.25) is 0 Å². The van der Waals surface area contributed by atoms with E-state index in [4.69, 9.17) is 31.3 Å². The van der Waals surface area contributed by atoms with Gasteiger partial charge in [-0.05, 0) is 133 Å². The lowest BCUT2D eigenvalue weighted by Gasteiger charge is -2.37. The van der Waals surface area contributed by atoms with Gasteiger partial charge in [-0.25, -0.2) is 9.59 Å². The second kappa shape index (κ2) is 26.9. The molecular weight excluding hydrogens is 1070 g/mol. The minimum Gasteiger partial charge on any atom is -0.493 e. The van der Waals surface area contributed by atoms with Crippen molar-refractivity contribution in [1.82, 2.24) is 0 Å². The molecule has 0 aliphatic heterocycles. The van der Waals surface area contributed by atoms with Crippen molar-refractivity contribution in [2.24, 2.45) is 0 Å². The summed E-state index contributed by atoms with van der Waals surface area (Å²) >= 11 is 0. The number of unbranched alkanes of at least 4 members (excludes halogenated alkanes) is 4. The summed E-state index contributed by atoms with van der Waals surface area (Å²) in [4.78, 5) is 26.4. The van der Waals surface area contributed by atoms with Crippen LogP contribution in [0.15, 0.2) is 103 Å². The van der Waals surface area contributed by atoms with E-state index in [0.717, 1.165) is 87.8 Å². The molecule has 79 heavy (non-hydrogen) atoms. The SMILES string of the molecule is CCCCCc1ccc(-c2cc3ccc(OCCC(F)(F)C(F)(F)CC[Si](C)(OC)O[Si](C)(CCC(F)(F)C(F)(F)CCOc4ccc5cc(-c6ccc(CCCCC)cc6CC)c(=O)oc5c4)OC)cc3oc2=O)c(CC)c1. The lowest BCUT2D eigenvalue weighted by Crippen LogP contribution is -2.53. The van der Waals surface area contributed by atoms with Crippen LogP contribution < -0.4 is 20.7 Å². The van der Waals surface area contributed by atoms with E-state index < -0.39 is 103 Å². The monoisotopic (exact) mass is 1150 g/mol. The molecule has 0 aliphatic carbocycles. The van der Waals surface area contributed by atoms with E-state index in [2.05, 4.69) is 26.0 Å². The van der Waals surface area contributed by atoms with Gasteiger partial charge in [-0.15, -0.1) is 0 Å². The van der Waals surface area contributed by atoms with Crippen molar-refractivity contribution in [3.05, 3.63) is 128 Å². The van der Waals surface area contributed by atoms with Crippen LogP contribution in [0.2, 0.25) is 25.2 Å². The molecule has 0 fully saturated rings. The van der Waals surface area contributed by atoms with Crippen LogP contribution in [0, 0.1) is 0 Å². The predicted octanol–water partition coefficient (Wildman–Crippen LogP) is 16.8. The zero-order chi connectivity index (χ0) is 57.8. The lowest BCUT2D eigenvalue weighted by molar-refractivity contribution is -0.215. The predicted molar refractivity (Wildman–Crippen MR) is 298 cm³/mol. The van der Waals surface area contributed by atoms with Crippen LogP contribution >= 0.6 is 0 Å². The zero-order valence-electron chi connectivity index (χ0n) is 46.5. The molecule has 2 unspecified atom stereocenters. The molecule has 0 spiro atoms. The van der Waals surface area contributed by atoms with Crippen LogP contribution in [-0.2, 0) is 38.7 Å². The van der Waals surface area contributed by atoms with Crippen LogP contribution in [0.1, 0.15) is 114 Å². The maximum absolute atomic E-state index is 15.4. The Hall–Kier alpha value is -5.35. The maximum Gasteiger partial charge on any atom is 0.344 e. The molecular formula is C60H74F8O9Si2. The normalized spacial score (nSPS) is 14.2. The van der Waals surface area contributed by atoms with Gasteiger partial charge in [0.1, 0.15) is 22.7 Å². The summed E-state index contributed by atoms with van der Waals surface area (Å²) < 4.78 is 162. The molecule has 9 nitrogen and oxygen atoms in total. The summed E-state index contributed by atoms with van der Waals surface area (Å²) in [5.74, 6) is -18.4. The van der Waals surface area contributed by atoms with Gasteiger partial charge < -0.3 is 31.3 Å². The number of hydrogen-bond acceptors (Lipinski definition) is 9. The number of hydrogen-bond donors (Lipinski definition) is 0. The number of halogens is 8. The molecule has 4 aromatic carbocycles. The van der Waals surface area contributed by atoms with Crippen LogP contribution in [0.25, 0.3) is 44.2 Å². The summed E-state index contributed by atoms with van der Waals surface area (Å²) in [7, 11) is -5.61. The van der Waals surface area contributed by atoms with Crippen molar-refractivity contribution in [2.45, 2.75) is 166 Å². The largest absolute Gasteiger partial charge is 0.493 e. The quantitative estimate of drug-likeness (QED) is 0.0177. The first-order valence-corrected chi connectivity index (χ1v) is 32.4. The van der Waals surface area contributed by atoms with Crippen molar-refractivity contribution in [3.8, 4) is 33.8 Å². The Morgan fingerprint density at radius 1 is 0.468 bits per heavy atom. The number of aryl methyl sites for hydroxylation is 4. The Bertz CT molecular complexity index is 2910. The molecule has 0 bridgehead atoms. The fourth-order valence-electron chi connectivity index (χ4n) is 9.55. The minimum absolute atomic E-state index is 0.00846. The minimum atomic E-state index is -4.62. The highest BCUT2D eigenvalue weighted by Gasteiger charge is 2.59. The van der Waals surface area contributed by atoms with Gasteiger partial charge in [0, 0.05) is 50.0 Å². The van der Waals surface area contributed by atoms with Gasteiger partial charge in [0.15, 0.2) is 0 Å². The molecule has 2 heterocycles. The maximum atomic E-state index is 15.4. The molecule has 6 aromatic rings. The highest BCUT2D eigenvalue weighted by molar-refractivity contribution is 6.80. The Morgan fingerprint density at radius 3 is 1.20 bits per heavy atom. The van der Waals surface area contributed by atoms with Gasteiger partial charge in [0.05, 0.1) is 37.2 Å². The second-order valence-electron chi connectivity index (χ2n) is 20.7. The third-order valence-corrected chi connectivity index (χ3v) is 22.3. The number of fused-ring (bicyclic) bond motifs is 2. The van der Waals surface area contributed by atoms with Crippen molar-refractivity contribution >= 4 is 39.1 Å². The molecule has 2 aromatic heterocycles. The molecule has 6 rings (SSSR count). The fraction of sp³-hybridized carbons (Fsp3) is 0.500. The van der Waals surface area contributed by atoms with Gasteiger partial charge >= 0.3 is 52.1 Å². The highest BCUT2D eigenvalue weighted by atomic mass is 28.5. The molecule has 432 valence electrons. The van der Waals surface area contributed by atoms with Crippen molar-refractivity contribution in [2.75, 3.05) is 27.4 Å². The van der Waals surface area contributed by atoms with E-state index in [1.54, 1.807) is 24.3 Å². The van der Waals surface area contributed by atoms with Gasteiger partial charge in [0.25, 0.3) is 0 Å². The first-order valence-electron chi connectivity index (χ1n) is 27.3. The average molecular weight is 1150 g/mol. The summed E-state index contributed by atoms with van der Waals surface area (Å²) in [5, 5.41) is 1.07. The topological polar surface area (TPSA) is 107 Å². The summed E-state index contributed by atoms with van der Waals surface area (Å²) in [5.41, 5.74) is 5.55. The van der Waals surface area contributed by atoms with Crippen LogP contribution in [0.4, 0.5) is 35.1 Å². The van der Waals surface area contributed by atoms with Crippen molar-refractivity contribution in [1.29, 1.82) is 0 Å². The summed E-state index contributed by atoms with van der Waals surface area (Å²) in [6, 6.07) is 22.6. The standard InChI is InChI=1S/C60H74F8O9Si2/c1-9-13-15-17-41-19-25-49(43(11-3)35-41)51-37-45-21-23-47(39-53(45)75-55(51)69)73-31-27-57(61,62)59(65,66)29-33-78(7,71-5)77-79(8,72-6)34-30-60(67,68)58(63,64)28-32-74-48-24-22-46-38-52(56(70)76-54(46)40-48)50-26-20-42(18-16-14-10-2)36-44(50)12-4/h19-26,35-40H,9-18,27-34H2,1-8H3. The first kappa shape index (κ1) is 62.8. The summed E-state index contributed by atoms with van der Waals surface area (Å²) in [6.07, 6.45) is 4.15. The molecule has 0 N–H and O–H groups in total. The van der Waals surface area contributed by atoms with E-state index >= 15 is 35.1 Å². The Balaban J connectivity index is 0.999.